The van der Waals surface area contributed by atoms with Crippen molar-refractivity contribution in [1.82, 2.24) is 9.88 Å². The molecule has 0 unspecified atom stereocenters. The molecule has 0 saturated carbocycles. The summed E-state index contributed by atoms with van der Waals surface area (Å²) in [6.07, 6.45) is 1.88. The lowest BCUT2D eigenvalue weighted by Crippen LogP contribution is -2.41. The van der Waals surface area contributed by atoms with Crippen LogP contribution in [0.4, 0.5) is 4.79 Å². The zero-order valence-corrected chi connectivity index (χ0v) is 14.8. The molecule has 1 aromatic rings. The minimum atomic E-state index is -0.986. The molecular weight excluding hydrogens is 308 g/mol. The average Bonchev–Trinajstić information content (AvgIpc) is 2.52. The van der Waals surface area contributed by atoms with E-state index in [-0.39, 0.29) is 17.7 Å². The number of likely N-dealkylation sites (tertiary alicyclic amines) is 1. The highest BCUT2D eigenvalue weighted by Crippen LogP contribution is 2.28. The van der Waals surface area contributed by atoms with Gasteiger partial charge in [-0.3, -0.25) is 0 Å². The molecule has 1 saturated heterocycles. The largest absolute Gasteiger partial charge is 0.477 e. The van der Waals surface area contributed by atoms with Crippen molar-refractivity contribution in [2.24, 2.45) is 0 Å². The second-order valence-electron chi connectivity index (χ2n) is 7.14. The summed E-state index contributed by atoms with van der Waals surface area (Å²) in [5.74, 6) is -0.812. The lowest BCUT2D eigenvalue weighted by molar-refractivity contribution is 0.0204. The maximum absolute atomic E-state index is 12.1. The van der Waals surface area contributed by atoms with Crippen LogP contribution in [0.5, 0.6) is 0 Å². The molecule has 0 spiro atoms. The predicted octanol–water partition coefficient (Wildman–Crippen LogP) is 3.46. The number of hydrogen-bond acceptors (Lipinski definition) is 4. The number of carboxylic acids is 1. The third-order valence-corrected chi connectivity index (χ3v) is 4.15. The molecule has 132 valence electrons. The first-order valence-corrected chi connectivity index (χ1v) is 8.42. The molecule has 1 fully saturated rings. The van der Waals surface area contributed by atoms with Gasteiger partial charge in [-0.05, 0) is 51.7 Å². The number of ether oxygens (including phenoxy) is 1. The van der Waals surface area contributed by atoms with E-state index in [9.17, 15) is 14.7 Å². The third-order valence-electron chi connectivity index (χ3n) is 4.15. The molecule has 1 amide bonds. The fraction of sp³-hybridized carbons (Fsp3) is 0.611. The first-order valence-electron chi connectivity index (χ1n) is 8.42. The number of hydrogen-bond donors (Lipinski definition) is 1. The number of aryl methyl sites for hydroxylation is 1. The molecule has 1 aliphatic heterocycles. The van der Waals surface area contributed by atoms with Gasteiger partial charge in [-0.1, -0.05) is 13.0 Å². The Morgan fingerprint density at radius 3 is 2.42 bits per heavy atom. The van der Waals surface area contributed by atoms with Gasteiger partial charge < -0.3 is 14.7 Å². The molecule has 6 heteroatoms. The average molecular weight is 334 g/mol. The van der Waals surface area contributed by atoms with Gasteiger partial charge in [-0.2, -0.15) is 0 Å². The highest BCUT2D eigenvalue weighted by molar-refractivity contribution is 5.87. The smallest absolute Gasteiger partial charge is 0.410 e. The van der Waals surface area contributed by atoms with Crippen LogP contribution in [0.25, 0.3) is 0 Å². The minimum Gasteiger partial charge on any atom is -0.477 e. The van der Waals surface area contributed by atoms with Crippen molar-refractivity contribution < 1.29 is 19.4 Å². The Bertz CT molecular complexity index is 614. The Kier molecular flexibility index (Phi) is 5.47. The fourth-order valence-electron chi connectivity index (χ4n) is 2.89. The molecule has 2 heterocycles. The number of nitrogens with zero attached hydrogens (tertiary/aromatic N) is 2. The summed E-state index contributed by atoms with van der Waals surface area (Å²) in [7, 11) is 0. The van der Waals surface area contributed by atoms with E-state index in [1.807, 2.05) is 39.8 Å². The van der Waals surface area contributed by atoms with Crippen LogP contribution in [0.3, 0.4) is 0 Å². The van der Waals surface area contributed by atoms with Crippen molar-refractivity contribution in [3.63, 3.8) is 0 Å². The van der Waals surface area contributed by atoms with Gasteiger partial charge in [0.2, 0.25) is 0 Å². The van der Waals surface area contributed by atoms with E-state index < -0.39 is 11.6 Å². The Balaban J connectivity index is 2.03. The van der Waals surface area contributed by atoms with Crippen LogP contribution in [0.2, 0.25) is 0 Å². The summed E-state index contributed by atoms with van der Waals surface area (Å²) in [6, 6.07) is 3.77. The van der Waals surface area contributed by atoms with Gasteiger partial charge >= 0.3 is 12.1 Å². The van der Waals surface area contributed by atoms with Crippen molar-refractivity contribution >= 4 is 12.1 Å². The molecule has 0 atom stereocenters. The lowest BCUT2D eigenvalue weighted by Gasteiger charge is -2.33. The normalized spacial score (nSPS) is 16.1. The summed E-state index contributed by atoms with van der Waals surface area (Å²) < 4.78 is 5.39. The minimum absolute atomic E-state index is 0.143. The fourth-order valence-corrected chi connectivity index (χ4v) is 2.89. The molecule has 24 heavy (non-hydrogen) atoms. The second-order valence-corrected chi connectivity index (χ2v) is 7.14. The number of aromatic carboxylic acids is 1. The van der Waals surface area contributed by atoms with E-state index in [0.717, 1.165) is 24.1 Å². The number of amides is 1. The number of piperidine rings is 1. The molecule has 2 rings (SSSR count). The first kappa shape index (κ1) is 18.2. The zero-order chi connectivity index (χ0) is 17.9. The summed E-state index contributed by atoms with van der Waals surface area (Å²) in [4.78, 5) is 29.5. The van der Waals surface area contributed by atoms with Crippen molar-refractivity contribution in [3.8, 4) is 0 Å². The molecule has 0 bridgehead atoms. The highest BCUT2D eigenvalue weighted by atomic mass is 16.6. The number of pyridine rings is 1. The predicted molar refractivity (Wildman–Crippen MR) is 90.4 cm³/mol. The Morgan fingerprint density at radius 2 is 1.92 bits per heavy atom. The standard InChI is InChI=1S/C18H26N2O4/c1-5-12-6-7-14(19-15(12)16(21)22)13-8-10-20(11-9-13)17(23)24-18(2,3)4/h6-7,13H,5,8-11H2,1-4H3,(H,21,22). The van der Waals surface area contributed by atoms with Gasteiger partial charge in [0.05, 0.1) is 0 Å². The third kappa shape index (κ3) is 4.46. The highest BCUT2D eigenvalue weighted by Gasteiger charge is 2.28. The number of rotatable bonds is 3. The van der Waals surface area contributed by atoms with Crippen molar-refractivity contribution in [1.29, 1.82) is 0 Å². The number of carbonyl (C=O) groups excluding carboxylic acids is 1. The van der Waals surface area contributed by atoms with Gasteiger partial charge in [0.25, 0.3) is 0 Å². The van der Waals surface area contributed by atoms with E-state index in [2.05, 4.69) is 4.98 Å². The molecule has 1 aliphatic rings. The summed E-state index contributed by atoms with van der Waals surface area (Å²) in [5, 5.41) is 9.31. The van der Waals surface area contributed by atoms with Crippen LogP contribution >= 0.6 is 0 Å². The SMILES string of the molecule is CCc1ccc(C2CCN(C(=O)OC(C)(C)C)CC2)nc1C(=O)O. The van der Waals surface area contributed by atoms with E-state index in [4.69, 9.17) is 4.74 Å². The van der Waals surface area contributed by atoms with Gasteiger partial charge in [0, 0.05) is 24.7 Å². The molecule has 0 aliphatic carbocycles. The quantitative estimate of drug-likeness (QED) is 0.915. The number of aromatic nitrogens is 1. The molecular formula is C18H26N2O4. The summed E-state index contributed by atoms with van der Waals surface area (Å²) in [5.41, 5.74) is 1.19. The van der Waals surface area contributed by atoms with Crippen LogP contribution in [0.15, 0.2) is 12.1 Å². The van der Waals surface area contributed by atoms with Crippen LogP contribution in [0, 0.1) is 0 Å². The second kappa shape index (κ2) is 7.20. The van der Waals surface area contributed by atoms with Gasteiger partial charge in [-0.25, -0.2) is 14.6 Å². The molecule has 1 aromatic heterocycles. The van der Waals surface area contributed by atoms with Gasteiger partial charge in [0.15, 0.2) is 5.69 Å². The van der Waals surface area contributed by atoms with E-state index >= 15 is 0 Å². The molecule has 1 N–H and O–H groups in total. The van der Waals surface area contributed by atoms with Crippen molar-refractivity contribution in [3.05, 3.63) is 29.1 Å². The van der Waals surface area contributed by atoms with E-state index in [1.54, 1.807) is 4.90 Å². The van der Waals surface area contributed by atoms with Crippen LogP contribution in [-0.4, -0.2) is 45.7 Å². The molecule has 0 radical (unpaired) electrons. The maximum atomic E-state index is 12.1. The van der Waals surface area contributed by atoms with Crippen LogP contribution in [0.1, 0.15) is 68.2 Å². The summed E-state index contributed by atoms with van der Waals surface area (Å²) in [6.45, 7) is 8.67. The van der Waals surface area contributed by atoms with Gasteiger partial charge in [0.1, 0.15) is 5.60 Å². The summed E-state index contributed by atoms with van der Waals surface area (Å²) >= 11 is 0. The Hall–Kier alpha value is -2.11. The van der Waals surface area contributed by atoms with Crippen LogP contribution in [-0.2, 0) is 11.2 Å². The topological polar surface area (TPSA) is 79.7 Å². The lowest BCUT2D eigenvalue weighted by atomic mass is 9.92. The first-order chi connectivity index (χ1) is 11.2. The molecule has 6 nitrogen and oxygen atoms in total. The Morgan fingerprint density at radius 1 is 1.29 bits per heavy atom. The van der Waals surface area contributed by atoms with E-state index in [0.29, 0.717) is 19.5 Å². The number of carboxylic acid groups (broad SMARTS) is 1. The molecule has 0 aromatic carbocycles. The monoisotopic (exact) mass is 334 g/mol. The van der Waals surface area contributed by atoms with Gasteiger partial charge in [-0.15, -0.1) is 0 Å². The number of carbonyl (C=O) groups is 2. The zero-order valence-electron chi connectivity index (χ0n) is 14.8. The van der Waals surface area contributed by atoms with Crippen LogP contribution < -0.4 is 0 Å². The Labute approximate surface area is 142 Å². The van der Waals surface area contributed by atoms with Crippen molar-refractivity contribution in [2.45, 2.75) is 58.5 Å². The van der Waals surface area contributed by atoms with Crippen molar-refractivity contribution in [2.75, 3.05) is 13.1 Å². The van der Waals surface area contributed by atoms with E-state index in [1.165, 1.54) is 0 Å². The maximum Gasteiger partial charge on any atom is 0.410 e.